The van der Waals surface area contributed by atoms with Gasteiger partial charge in [-0.05, 0) is 12.5 Å². The smallest absolute Gasteiger partial charge is 0.162 e. The molecule has 0 N–H and O–H groups in total. The second-order valence-corrected chi connectivity index (χ2v) is 3.62. The van der Waals surface area contributed by atoms with Crippen molar-refractivity contribution in [2.45, 2.75) is 26.2 Å². The lowest BCUT2D eigenvalue weighted by atomic mass is 10.1. The number of pyridine rings is 1. The topological polar surface area (TPSA) is 54.0 Å². The van der Waals surface area contributed by atoms with Crippen LogP contribution in [-0.2, 0) is 0 Å². The van der Waals surface area contributed by atoms with Gasteiger partial charge < -0.3 is 0 Å². The second kappa shape index (κ2) is 3.70. The van der Waals surface area contributed by atoms with Gasteiger partial charge >= 0.3 is 0 Å². The molecule has 0 amide bonds. The molecule has 2 rings (SSSR count). The zero-order chi connectivity index (χ0) is 10.8. The van der Waals surface area contributed by atoms with Crippen LogP contribution in [0, 0.1) is 11.3 Å². The number of fused-ring (bicyclic) bond motifs is 1. The minimum absolute atomic E-state index is 0.382. The molecule has 15 heavy (non-hydrogen) atoms. The molecule has 0 aromatic carbocycles. The van der Waals surface area contributed by atoms with E-state index < -0.39 is 0 Å². The first-order valence-electron chi connectivity index (χ1n) is 5.01. The van der Waals surface area contributed by atoms with Crippen LogP contribution in [0.4, 0.5) is 0 Å². The standard InChI is InChI=1S/C11H12N4/c1-3-8(2)11-14-13-10-6-9(7-12)4-5-15(10)11/h4-6,8H,3H2,1-2H3. The molecule has 0 saturated carbocycles. The van der Waals surface area contributed by atoms with E-state index in [9.17, 15) is 0 Å². The normalized spacial score (nSPS) is 12.6. The van der Waals surface area contributed by atoms with Crippen LogP contribution in [0.5, 0.6) is 0 Å². The predicted octanol–water partition coefficient (Wildman–Crippen LogP) is 2.11. The molecule has 0 fully saturated rings. The number of rotatable bonds is 2. The summed E-state index contributed by atoms with van der Waals surface area (Å²) in [5.74, 6) is 1.34. The van der Waals surface area contributed by atoms with E-state index in [-0.39, 0.29) is 0 Å². The van der Waals surface area contributed by atoms with Crippen molar-refractivity contribution in [1.29, 1.82) is 5.26 Å². The summed E-state index contributed by atoms with van der Waals surface area (Å²) >= 11 is 0. The molecule has 2 aromatic rings. The number of hydrogen-bond acceptors (Lipinski definition) is 3. The SMILES string of the molecule is CCC(C)c1nnc2cc(C#N)ccn12. The predicted molar refractivity (Wildman–Crippen MR) is 56.4 cm³/mol. The van der Waals surface area contributed by atoms with E-state index in [0.29, 0.717) is 11.5 Å². The Morgan fingerprint density at radius 3 is 3.00 bits per heavy atom. The maximum absolute atomic E-state index is 8.75. The molecule has 1 atom stereocenters. The molecule has 0 aliphatic rings. The Hall–Kier alpha value is -1.89. The van der Waals surface area contributed by atoms with Gasteiger partial charge in [-0.2, -0.15) is 5.26 Å². The van der Waals surface area contributed by atoms with Gasteiger partial charge in [0.2, 0.25) is 0 Å². The van der Waals surface area contributed by atoms with E-state index in [1.807, 2.05) is 10.6 Å². The van der Waals surface area contributed by atoms with Crippen LogP contribution in [-0.4, -0.2) is 14.6 Å². The van der Waals surface area contributed by atoms with Crippen LogP contribution in [0.3, 0.4) is 0 Å². The van der Waals surface area contributed by atoms with Crippen molar-refractivity contribution in [2.75, 3.05) is 0 Å². The monoisotopic (exact) mass is 200 g/mol. The van der Waals surface area contributed by atoms with Gasteiger partial charge in [-0.3, -0.25) is 4.40 Å². The van der Waals surface area contributed by atoms with Crippen LogP contribution in [0.15, 0.2) is 18.3 Å². The molecule has 1 unspecified atom stereocenters. The maximum Gasteiger partial charge on any atom is 0.162 e. The highest BCUT2D eigenvalue weighted by Crippen LogP contribution is 2.17. The minimum Gasteiger partial charge on any atom is -0.286 e. The van der Waals surface area contributed by atoms with Gasteiger partial charge in [0.15, 0.2) is 5.65 Å². The fraction of sp³-hybridized carbons (Fsp3) is 0.364. The van der Waals surface area contributed by atoms with Gasteiger partial charge in [-0.15, -0.1) is 10.2 Å². The lowest BCUT2D eigenvalue weighted by Gasteiger charge is -2.05. The zero-order valence-electron chi connectivity index (χ0n) is 8.81. The van der Waals surface area contributed by atoms with Crippen molar-refractivity contribution >= 4 is 5.65 Å². The summed E-state index contributed by atoms with van der Waals surface area (Å²) in [4.78, 5) is 0. The highest BCUT2D eigenvalue weighted by atomic mass is 15.2. The van der Waals surface area contributed by atoms with Crippen molar-refractivity contribution in [3.63, 3.8) is 0 Å². The Morgan fingerprint density at radius 2 is 2.33 bits per heavy atom. The molecule has 2 heterocycles. The molecular weight excluding hydrogens is 188 g/mol. The van der Waals surface area contributed by atoms with E-state index in [4.69, 9.17) is 5.26 Å². The average molecular weight is 200 g/mol. The second-order valence-electron chi connectivity index (χ2n) is 3.62. The average Bonchev–Trinajstić information content (AvgIpc) is 2.70. The largest absolute Gasteiger partial charge is 0.286 e. The molecule has 2 aromatic heterocycles. The summed E-state index contributed by atoms with van der Waals surface area (Å²) in [5.41, 5.74) is 1.36. The minimum atomic E-state index is 0.382. The van der Waals surface area contributed by atoms with Crippen molar-refractivity contribution in [3.05, 3.63) is 29.7 Å². The molecule has 0 spiro atoms. The number of nitriles is 1. The Balaban J connectivity index is 2.58. The van der Waals surface area contributed by atoms with E-state index >= 15 is 0 Å². The van der Waals surface area contributed by atoms with E-state index in [1.165, 1.54) is 0 Å². The highest BCUT2D eigenvalue weighted by molar-refractivity contribution is 5.45. The number of hydrogen-bond donors (Lipinski definition) is 0. The van der Waals surface area contributed by atoms with Crippen molar-refractivity contribution in [3.8, 4) is 6.07 Å². The van der Waals surface area contributed by atoms with Gasteiger partial charge in [-0.25, -0.2) is 0 Å². The van der Waals surface area contributed by atoms with Crippen LogP contribution >= 0.6 is 0 Å². The van der Waals surface area contributed by atoms with Gasteiger partial charge in [-0.1, -0.05) is 13.8 Å². The van der Waals surface area contributed by atoms with Crippen LogP contribution in [0.25, 0.3) is 5.65 Å². The molecule has 0 bridgehead atoms. The summed E-state index contributed by atoms with van der Waals surface area (Å²) in [6.07, 6.45) is 2.89. The quantitative estimate of drug-likeness (QED) is 0.746. The van der Waals surface area contributed by atoms with Crippen LogP contribution < -0.4 is 0 Å². The van der Waals surface area contributed by atoms with Crippen molar-refractivity contribution < 1.29 is 0 Å². The Kier molecular flexibility index (Phi) is 2.38. The highest BCUT2D eigenvalue weighted by Gasteiger charge is 2.11. The van der Waals surface area contributed by atoms with E-state index in [1.54, 1.807) is 12.1 Å². The van der Waals surface area contributed by atoms with E-state index in [2.05, 4.69) is 30.1 Å². The summed E-state index contributed by atoms with van der Waals surface area (Å²) in [6.45, 7) is 4.24. The first-order valence-corrected chi connectivity index (χ1v) is 5.01. The summed E-state index contributed by atoms with van der Waals surface area (Å²) < 4.78 is 1.94. The Labute approximate surface area is 88.2 Å². The summed E-state index contributed by atoms with van der Waals surface area (Å²) in [7, 11) is 0. The van der Waals surface area contributed by atoms with Crippen molar-refractivity contribution in [1.82, 2.24) is 14.6 Å². The fourth-order valence-corrected chi connectivity index (χ4v) is 1.50. The van der Waals surface area contributed by atoms with Crippen LogP contribution in [0.1, 0.15) is 37.6 Å². The first-order chi connectivity index (χ1) is 7.26. The molecule has 0 aliphatic carbocycles. The molecule has 0 radical (unpaired) electrons. The van der Waals surface area contributed by atoms with Crippen LogP contribution in [0.2, 0.25) is 0 Å². The molecule has 4 heteroatoms. The summed E-state index contributed by atoms with van der Waals surface area (Å²) in [5, 5.41) is 17.0. The molecule has 4 nitrogen and oxygen atoms in total. The molecule has 0 aliphatic heterocycles. The lowest BCUT2D eigenvalue weighted by Crippen LogP contribution is -1.99. The number of nitrogens with zero attached hydrogens (tertiary/aromatic N) is 4. The maximum atomic E-state index is 8.75. The van der Waals surface area contributed by atoms with Gasteiger partial charge in [0, 0.05) is 18.2 Å². The lowest BCUT2D eigenvalue weighted by molar-refractivity contribution is 0.669. The number of aromatic nitrogens is 3. The Bertz CT molecular complexity index is 521. The first kappa shape index (κ1) is 9.66. The van der Waals surface area contributed by atoms with E-state index in [0.717, 1.165) is 17.9 Å². The molecular formula is C11H12N4. The van der Waals surface area contributed by atoms with Crippen molar-refractivity contribution in [2.24, 2.45) is 0 Å². The molecule has 76 valence electrons. The van der Waals surface area contributed by atoms with Gasteiger partial charge in [0.05, 0.1) is 11.6 Å². The third-order valence-corrected chi connectivity index (χ3v) is 2.62. The van der Waals surface area contributed by atoms with Gasteiger partial charge in [0.25, 0.3) is 0 Å². The van der Waals surface area contributed by atoms with Gasteiger partial charge in [0.1, 0.15) is 5.82 Å². The zero-order valence-corrected chi connectivity index (χ0v) is 8.81. The third-order valence-electron chi connectivity index (χ3n) is 2.62. The fourth-order valence-electron chi connectivity index (χ4n) is 1.50. The summed E-state index contributed by atoms with van der Waals surface area (Å²) in [6, 6.07) is 5.62. The molecule has 0 saturated heterocycles. The Morgan fingerprint density at radius 1 is 1.53 bits per heavy atom. The third kappa shape index (κ3) is 1.57.